The minimum absolute atomic E-state index is 0. The van der Waals surface area contributed by atoms with Crippen molar-refractivity contribution in [2.24, 2.45) is 0 Å². The van der Waals surface area contributed by atoms with E-state index in [2.05, 4.69) is 0 Å². The number of allylic oxidation sites excluding steroid dienone is 2. The van der Waals surface area contributed by atoms with E-state index in [0.717, 1.165) is 65.2 Å². The first-order valence-electron chi connectivity index (χ1n) is 19.8. The molecule has 6 aromatic rings. The smallest absolute Gasteiger partial charge is 0.171 e. The van der Waals surface area contributed by atoms with Gasteiger partial charge < -0.3 is 14.2 Å². The van der Waals surface area contributed by atoms with Gasteiger partial charge in [-0.3, -0.25) is 14.4 Å². The van der Waals surface area contributed by atoms with Crippen LogP contribution in [0.5, 0.6) is 0 Å². The molecule has 0 saturated heterocycles. The van der Waals surface area contributed by atoms with Gasteiger partial charge in [-0.2, -0.15) is 0 Å². The van der Waals surface area contributed by atoms with E-state index < -0.39 is 14.3 Å². The van der Waals surface area contributed by atoms with Gasteiger partial charge in [-0.1, -0.05) is 146 Å². The molecule has 0 spiro atoms. The molecule has 0 amide bonds. The van der Waals surface area contributed by atoms with E-state index in [-0.39, 0.29) is 78.9 Å². The first-order valence-corrected chi connectivity index (χ1v) is 23.2. The van der Waals surface area contributed by atoms with E-state index in [4.69, 9.17) is 5.11 Å². The molecule has 9 heteroatoms. The van der Waals surface area contributed by atoms with Gasteiger partial charge in [-0.15, -0.1) is 0 Å². The second-order valence-electron chi connectivity index (χ2n) is 14.9. The standard InChI is InChI=1S/2C21H21OP.2C5H8O2.Eu/c2*1-16-10-4-7-13-19(16)23(22,20-14-8-5-11-17(20)2)21-15-9-6-12-18(21)3;2*1-4(6)3-5(2)7;/h2*4-15H,1-3H3;3H2,1-2H3;3,6H,1-2H3;. The summed E-state index contributed by atoms with van der Waals surface area (Å²) in [6.45, 7) is 17.9. The minimum atomic E-state index is -2.89. The normalized spacial score (nSPS) is 10.9. The summed E-state index contributed by atoms with van der Waals surface area (Å²) in [6.07, 6.45) is 1.25. The molecule has 0 aromatic heterocycles. The molecule has 0 aliphatic heterocycles. The van der Waals surface area contributed by atoms with Gasteiger partial charge in [0.1, 0.15) is 11.6 Å². The van der Waals surface area contributed by atoms with Crippen LogP contribution in [0.3, 0.4) is 0 Å². The Hall–Kier alpha value is -4.09. The minimum Gasteiger partial charge on any atom is -0.512 e. The van der Waals surface area contributed by atoms with E-state index in [1.165, 1.54) is 33.8 Å². The van der Waals surface area contributed by atoms with Crippen LogP contribution in [0.15, 0.2) is 157 Å². The quantitative estimate of drug-likeness (QED) is 0.0670. The van der Waals surface area contributed by atoms with Crippen LogP contribution in [0.25, 0.3) is 0 Å². The molecule has 0 fully saturated rings. The van der Waals surface area contributed by atoms with E-state index in [1.807, 2.05) is 187 Å². The molecule has 319 valence electrons. The van der Waals surface area contributed by atoms with Gasteiger partial charge in [-0.05, 0) is 103 Å². The SMILES string of the molecule is CC(=O)C=C(C)O.CC(=O)CC(C)=O.Cc1ccccc1P(=O)(c1ccccc1C)c1ccccc1C.Cc1ccccc1P(=O)(c1ccccc1C)c1ccccc1C.[Eu]. The third kappa shape index (κ3) is 14.5. The number of rotatable bonds is 9. The number of aliphatic hydroxyl groups is 1. The number of hydrogen-bond donors (Lipinski definition) is 1. The topological polar surface area (TPSA) is 106 Å². The van der Waals surface area contributed by atoms with Crippen LogP contribution >= 0.6 is 14.3 Å². The predicted molar refractivity (Wildman–Crippen MR) is 253 cm³/mol. The number of aliphatic hydroxyl groups excluding tert-OH is 1. The second kappa shape index (κ2) is 25.1. The molecule has 61 heavy (non-hydrogen) atoms. The van der Waals surface area contributed by atoms with Gasteiger partial charge in [0.05, 0.1) is 12.2 Å². The van der Waals surface area contributed by atoms with Crippen LogP contribution in [0.1, 0.15) is 67.5 Å². The van der Waals surface area contributed by atoms with Crippen molar-refractivity contribution in [3.8, 4) is 0 Å². The van der Waals surface area contributed by atoms with E-state index in [1.54, 1.807) is 0 Å². The van der Waals surface area contributed by atoms with Gasteiger partial charge in [0.15, 0.2) is 20.1 Å². The van der Waals surface area contributed by atoms with E-state index >= 15 is 0 Å². The Morgan fingerprint density at radius 2 is 0.590 bits per heavy atom. The zero-order chi connectivity index (χ0) is 44.6. The van der Waals surface area contributed by atoms with Crippen molar-refractivity contribution in [3.05, 3.63) is 191 Å². The molecule has 0 saturated carbocycles. The Labute approximate surface area is 404 Å². The van der Waals surface area contributed by atoms with Crippen molar-refractivity contribution in [1.29, 1.82) is 0 Å². The molecule has 0 aliphatic rings. The largest absolute Gasteiger partial charge is 0.512 e. The number of aryl methyl sites for hydroxylation is 6. The number of Topliss-reactive ketones (excluding diaryl/α,β-unsaturated/α-hetero) is 2. The fourth-order valence-electron chi connectivity index (χ4n) is 6.92. The number of carbonyl (C=O) groups excluding carboxylic acids is 3. The predicted octanol–water partition coefficient (Wildman–Crippen LogP) is 10.1. The molecule has 1 radical (unpaired) electrons. The van der Waals surface area contributed by atoms with E-state index in [0.29, 0.717) is 0 Å². The molecule has 0 aliphatic carbocycles. The average molecular weight is 993 g/mol. The van der Waals surface area contributed by atoms with Crippen LogP contribution < -0.4 is 31.8 Å². The number of ketones is 3. The Balaban J connectivity index is 0.000000318. The van der Waals surface area contributed by atoms with Crippen LogP contribution in [-0.2, 0) is 23.5 Å². The molecule has 6 aromatic carbocycles. The van der Waals surface area contributed by atoms with Crippen molar-refractivity contribution < 1.29 is 78.0 Å². The third-order valence-electron chi connectivity index (χ3n) is 9.64. The summed E-state index contributed by atoms with van der Waals surface area (Å²) in [5.74, 6) is -0.187. The Morgan fingerprint density at radius 3 is 0.689 bits per heavy atom. The summed E-state index contributed by atoms with van der Waals surface area (Å²) in [7, 11) is -5.78. The maximum Gasteiger partial charge on any atom is 0.171 e. The molecule has 6 rings (SSSR count). The van der Waals surface area contributed by atoms with Crippen molar-refractivity contribution >= 4 is 63.5 Å². The van der Waals surface area contributed by atoms with Gasteiger partial charge in [0.2, 0.25) is 0 Å². The zero-order valence-electron chi connectivity index (χ0n) is 36.9. The summed E-state index contributed by atoms with van der Waals surface area (Å²) in [5.41, 5.74) is 6.43. The van der Waals surface area contributed by atoms with Crippen LogP contribution in [0.2, 0.25) is 0 Å². The summed E-state index contributed by atoms with van der Waals surface area (Å²) in [5, 5.41) is 14.0. The summed E-state index contributed by atoms with van der Waals surface area (Å²) in [4.78, 5) is 30.1. The van der Waals surface area contributed by atoms with Gasteiger partial charge >= 0.3 is 0 Å². The molecular weight excluding hydrogens is 934 g/mol. The summed E-state index contributed by atoms with van der Waals surface area (Å²) < 4.78 is 29.0. The second-order valence-corrected chi connectivity index (χ2v) is 20.2. The van der Waals surface area contributed by atoms with Gasteiger partial charge in [0.25, 0.3) is 0 Å². The average Bonchev–Trinajstić information content (AvgIpc) is 3.18. The van der Waals surface area contributed by atoms with Gasteiger partial charge in [0, 0.05) is 87.3 Å². The summed E-state index contributed by atoms with van der Waals surface area (Å²) in [6, 6.07) is 48.2. The number of carbonyl (C=O) groups is 3. The molecular formula is C52H58EuO6P2. The molecule has 1 N–H and O–H groups in total. The zero-order valence-corrected chi connectivity index (χ0v) is 41.1. The maximum absolute atomic E-state index is 14.5. The molecule has 0 unspecified atom stereocenters. The summed E-state index contributed by atoms with van der Waals surface area (Å²) >= 11 is 0. The Morgan fingerprint density at radius 1 is 0.410 bits per heavy atom. The molecule has 0 bridgehead atoms. The molecule has 0 atom stereocenters. The Kier molecular flexibility index (Phi) is 21.9. The van der Waals surface area contributed by atoms with Crippen molar-refractivity contribution in [1.82, 2.24) is 0 Å². The monoisotopic (exact) mass is 993 g/mol. The van der Waals surface area contributed by atoms with Crippen LogP contribution in [0, 0.1) is 90.9 Å². The van der Waals surface area contributed by atoms with Gasteiger partial charge in [-0.25, -0.2) is 0 Å². The first-order chi connectivity index (χ1) is 28.3. The molecule has 6 nitrogen and oxygen atoms in total. The number of benzene rings is 6. The van der Waals surface area contributed by atoms with Crippen LogP contribution in [-0.4, -0.2) is 22.5 Å². The van der Waals surface area contributed by atoms with Crippen molar-refractivity contribution in [2.75, 3.05) is 0 Å². The first kappa shape index (κ1) is 53.1. The van der Waals surface area contributed by atoms with Crippen LogP contribution in [0.4, 0.5) is 0 Å². The fourth-order valence-corrected chi connectivity index (χ4v) is 13.7. The number of hydrogen-bond acceptors (Lipinski definition) is 6. The van der Waals surface area contributed by atoms with Crippen molar-refractivity contribution in [2.45, 2.75) is 75.7 Å². The third-order valence-corrected chi connectivity index (χ3v) is 16.7. The maximum atomic E-state index is 14.5. The van der Waals surface area contributed by atoms with Crippen molar-refractivity contribution in [3.63, 3.8) is 0 Å². The Bertz CT molecular complexity index is 2170. The molecule has 0 heterocycles. The van der Waals surface area contributed by atoms with E-state index in [9.17, 15) is 23.5 Å². The fraction of sp³-hybridized carbons (Fsp3) is 0.212.